The van der Waals surface area contributed by atoms with E-state index in [1.807, 2.05) is 36.4 Å². The number of amides is 1. The Morgan fingerprint density at radius 1 is 1.07 bits per heavy atom. The normalized spacial score (nSPS) is 11.0. The molecular weight excluding hydrogens is 342 g/mol. The number of ether oxygens (including phenoxy) is 1. The SMILES string of the molecule is NC(=O)c1nc2cccc(OC[C]=O)c2n1Cc1ccc2ccccc2c1. The number of carbonyl (C=O) groups is 1. The Balaban J connectivity index is 1.85. The molecule has 0 saturated heterocycles. The number of imidazole rings is 1. The van der Waals surface area contributed by atoms with Crippen molar-refractivity contribution < 1.29 is 14.3 Å². The predicted molar refractivity (Wildman–Crippen MR) is 102 cm³/mol. The quantitative estimate of drug-likeness (QED) is 0.574. The van der Waals surface area contributed by atoms with Gasteiger partial charge in [-0.05, 0) is 34.5 Å². The van der Waals surface area contributed by atoms with Gasteiger partial charge >= 0.3 is 0 Å². The zero-order chi connectivity index (χ0) is 18.8. The average molecular weight is 358 g/mol. The third-order valence-electron chi connectivity index (χ3n) is 4.39. The molecule has 6 nitrogen and oxygen atoms in total. The van der Waals surface area contributed by atoms with Crippen molar-refractivity contribution in [3.63, 3.8) is 0 Å². The first-order chi connectivity index (χ1) is 13.2. The molecule has 0 aliphatic carbocycles. The van der Waals surface area contributed by atoms with E-state index in [1.54, 1.807) is 29.1 Å². The first kappa shape index (κ1) is 16.8. The fourth-order valence-electron chi connectivity index (χ4n) is 3.24. The van der Waals surface area contributed by atoms with Crippen LogP contribution in [0.5, 0.6) is 5.75 Å². The minimum absolute atomic E-state index is 0.143. The van der Waals surface area contributed by atoms with Crippen LogP contribution < -0.4 is 10.5 Å². The van der Waals surface area contributed by atoms with Crippen LogP contribution in [0.25, 0.3) is 21.8 Å². The molecule has 0 aliphatic rings. The maximum absolute atomic E-state index is 12.0. The van der Waals surface area contributed by atoms with Crippen LogP contribution in [0.4, 0.5) is 0 Å². The monoisotopic (exact) mass is 358 g/mol. The summed E-state index contributed by atoms with van der Waals surface area (Å²) in [6.45, 7) is 0.191. The lowest BCUT2D eigenvalue weighted by Crippen LogP contribution is -2.18. The van der Waals surface area contributed by atoms with E-state index in [-0.39, 0.29) is 12.4 Å². The molecule has 1 radical (unpaired) electrons. The molecule has 1 amide bonds. The minimum Gasteiger partial charge on any atom is -0.483 e. The molecule has 3 aromatic carbocycles. The van der Waals surface area contributed by atoms with E-state index in [9.17, 15) is 9.59 Å². The lowest BCUT2D eigenvalue weighted by atomic mass is 10.1. The van der Waals surface area contributed by atoms with E-state index in [0.29, 0.717) is 23.3 Å². The van der Waals surface area contributed by atoms with Gasteiger partial charge in [0, 0.05) is 6.54 Å². The predicted octanol–water partition coefficient (Wildman–Crippen LogP) is 2.83. The van der Waals surface area contributed by atoms with Gasteiger partial charge in [-0.1, -0.05) is 42.5 Å². The number of nitrogens with two attached hydrogens (primary N) is 1. The van der Waals surface area contributed by atoms with Crippen molar-refractivity contribution in [2.75, 3.05) is 6.61 Å². The summed E-state index contributed by atoms with van der Waals surface area (Å²) in [6, 6.07) is 19.4. The lowest BCUT2D eigenvalue weighted by molar-refractivity contribution is 0.0987. The van der Waals surface area contributed by atoms with Crippen LogP contribution >= 0.6 is 0 Å². The average Bonchev–Trinajstić information content (AvgIpc) is 3.05. The third-order valence-corrected chi connectivity index (χ3v) is 4.39. The Morgan fingerprint density at radius 2 is 1.89 bits per heavy atom. The summed E-state index contributed by atoms with van der Waals surface area (Å²) in [4.78, 5) is 26.9. The second-order valence-electron chi connectivity index (χ2n) is 6.12. The Bertz CT molecular complexity index is 1160. The summed E-state index contributed by atoms with van der Waals surface area (Å²) in [6.07, 6.45) is 1.71. The summed E-state index contributed by atoms with van der Waals surface area (Å²) >= 11 is 0. The molecule has 2 N–H and O–H groups in total. The molecule has 0 aliphatic heterocycles. The zero-order valence-corrected chi connectivity index (χ0v) is 14.4. The summed E-state index contributed by atoms with van der Waals surface area (Å²) < 4.78 is 7.20. The van der Waals surface area contributed by atoms with Crippen LogP contribution in [0.15, 0.2) is 60.7 Å². The number of primary amides is 1. The van der Waals surface area contributed by atoms with Crippen molar-refractivity contribution in [1.29, 1.82) is 0 Å². The van der Waals surface area contributed by atoms with Crippen LogP contribution in [0.1, 0.15) is 16.2 Å². The molecule has 4 aromatic rings. The van der Waals surface area contributed by atoms with Crippen LogP contribution in [-0.4, -0.2) is 28.4 Å². The molecular formula is C21H16N3O3. The number of fused-ring (bicyclic) bond motifs is 2. The van der Waals surface area contributed by atoms with Crippen molar-refractivity contribution in [2.45, 2.75) is 6.54 Å². The van der Waals surface area contributed by atoms with E-state index in [0.717, 1.165) is 16.3 Å². The van der Waals surface area contributed by atoms with Crippen molar-refractivity contribution >= 4 is 34.0 Å². The van der Waals surface area contributed by atoms with E-state index in [1.165, 1.54) is 0 Å². The van der Waals surface area contributed by atoms with Crippen molar-refractivity contribution in [2.24, 2.45) is 5.73 Å². The molecule has 1 aromatic heterocycles. The van der Waals surface area contributed by atoms with Gasteiger partial charge < -0.3 is 15.0 Å². The number of carbonyl (C=O) groups excluding carboxylic acids is 2. The first-order valence-corrected chi connectivity index (χ1v) is 8.42. The van der Waals surface area contributed by atoms with Gasteiger partial charge in [0.15, 0.2) is 12.4 Å². The lowest BCUT2D eigenvalue weighted by Gasteiger charge is -2.11. The second kappa shape index (κ2) is 6.92. The smallest absolute Gasteiger partial charge is 0.284 e. The highest BCUT2D eigenvalue weighted by Gasteiger charge is 2.19. The summed E-state index contributed by atoms with van der Waals surface area (Å²) in [7, 11) is 0. The summed E-state index contributed by atoms with van der Waals surface area (Å²) in [5.74, 6) is -0.0270. The van der Waals surface area contributed by atoms with E-state index in [2.05, 4.69) is 11.1 Å². The fraction of sp³-hybridized carbons (Fsp3) is 0.0952. The van der Waals surface area contributed by atoms with Gasteiger partial charge in [0.05, 0.1) is 5.52 Å². The number of rotatable bonds is 6. The third kappa shape index (κ3) is 3.13. The Morgan fingerprint density at radius 3 is 2.67 bits per heavy atom. The molecule has 0 atom stereocenters. The molecule has 0 bridgehead atoms. The van der Waals surface area contributed by atoms with Crippen LogP contribution in [-0.2, 0) is 11.3 Å². The topological polar surface area (TPSA) is 87.2 Å². The molecule has 133 valence electrons. The molecule has 4 rings (SSSR count). The van der Waals surface area contributed by atoms with Gasteiger partial charge in [0.25, 0.3) is 5.91 Å². The van der Waals surface area contributed by atoms with Gasteiger partial charge in [-0.15, -0.1) is 0 Å². The molecule has 0 fully saturated rings. The van der Waals surface area contributed by atoms with Crippen molar-refractivity contribution in [1.82, 2.24) is 9.55 Å². The fourth-order valence-corrected chi connectivity index (χ4v) is 3.24. The first-order valence-electron chi connectivity index (χ1n) is 8.42. The molecule has 0 unspecified atom stereocenters. The van der Waals surface area contributed by atoms with E-state index >= 15 is 0 Å². The number of benzene rings is 3. The van der Waals surface area contributed by atoms with Crippen LogP contribution in [0, 0.1) is 0 Å². The summed E-state index contributed by atoms with van der Waals surface area (Å²) in [5, 5.41) is 2.24. The molecule has 0 spiro atoms. The highest BCUT2D eigenvalue weighted by molar-refractivity contribution is 5.95. The van der Waals surface area contributed by atoms with Gasteiger partial charge in [-0.25, -0.2) is 4.98 Å². The van der Waals surface area contributed by atoms with Gasteiger partial charge in [0.1, 0.15) is 11.3 Å². The van der Waals surface area contributed by atoms with Gasteiger partial charge in [-0.3, -0.25) is 9.59 Å². The van der Waals surface area contributed by atoms with Gasteiger partial charge in [-0.2, -0.15) is 0 Å². The van der Waals surface area contributed by atoms with Crippen LogP contribution in [0.3, 0.4) is 0 Å². The van der Waals surface area contributed by atoms with Gasteiger partial charge in [0.2, 0.25) is 6.29 Å². The number of nitrogens with zero attached hydrogens (tertiary/aromatic N) is 2. The second-order valence-corrected chi connectivity index (χ2v) is 6.12. The maximum Gasteiger partial charge on any atom is 0.284 e. The molecule has 0 saturated carbocycles. The number of hydrogen-bond donors (Lipinski definition) is 1. The highest BCUT2D eigenvalue weighted by Crippen LogP contribution is 2.28. The van der Waals surface area contributed by atoms with E-state index < -0.39 is 5.91 Å². The number of para-hydroxylation sites is 1. The Hall–Kier alpha value is -3.67. The highest BCUT2D eigenvalue weighted by atomic mass is 16.5. The van der Waals surface area contributed by atoms with Crippen molar-refractivity contribution in [3.05, 3.63) is 72.1 Å². The van der Waals surface area contributed by atoms with E-state index in [4.69, 9.17) is 10.5 Å². The molecule has 1 heterocycles. The zero-order valence-electron chi connectivity index (χ0n) is 14.4. The molecule has 27 heavy (non-hydrogen) atoms. The molecule has 6 heteroatoms. The number of aromatic nitrogens is 2. The standard InChI is InChI=1S/C21H16N3O3/c22-20(26)21-23-17-6-3-7-18(27-11-10-25)19(17)24(21)13-14-8-9-15-4-1-2-5-16(15)12-14/h1-9,12H,11,13H2,(H2,22,26). The van der Waals surface area contributed by atoms with Crippen molar-refractivity contribution in [3.8, 4) is 5.75 Å². The minimum atomic E-state index is -0.625. The van der Waals surface area contributed by atoms with Crippen LogP contribution in [0.2, 0.25) is 0 Å². The number of hydrogen-bond acceptors (Lipinski definition) is 4. The summed E-state index contributed by atoms with van der Waals surface area (Å²) in [5.41, 5.74) is 7.74. The Kier molecular flexibility index (Phi) is 4.30. The maximum atomic E-state index is 12.0. The largest absolute Gasteiger partial charge is 0.483 e. The Labute approximate surface area is 155 Å².